The first-order valence-electron chi connectivity index (χ1n) is 5.61. The highest BCUT2D eigenvalue weighted by Gasteiger charge is 2.19. The molecule has 0 aliphatic carbocycles. The molecule has 0 saturated heterocycles. The van der Waals surface area contributed by atoms with Crippen LogP contribution in [-0.4, -0.2) is 58.5 Å². The van der Waals surface area contributed by atoms with E-state index in [-0.39, 0.29) is 19.0 Å². The van der Waals surface area contributed by atoms with E-state index in [9.17, 15) is 9.59 Å². The van der Waals surface area contributed by atoms with E-state index in [0.29, 0.717) is 18.7 Å². The zero-order chi connectivity index (χ0) is 13.5. The summed E-state index contributed by atoms with van der Waals surface area (Å²) in [5, 5.41) is 12.8. The highest BCUT2D eigenvalue weighted by atomic mass is 16.5. The molecular weight excluding hydrogens is 238 g/mol. The SMILES string of the molecule is CCn1cc(C(=O)N(CCOC)CC(=O)O)cn1. The predicted molar refractivity (Wildman–Crippen MR) is 63.3 cm³/mol. The summed E-state index contributed by atoms with van der Waals surface area (Å²) in [5.41, 5.74) is 0.384. The van der Waals surface area contributed by atoms with Crippen molar-refractivity contribution < 1.29 is 19.4 Å². The summed E-state index contributed by atoms with van der Waals surface area (Å²) < 4.78 is 6.47. The van der Waals surface area contributed by atoms with Crippen LogP contribution in [0.25, 0.3) is 0 Å². The highest BCUT2D eigenvalue weighted by molar-refractivity contribution is 5.95. The number of nitrogens with zero attached hydrogens (tertiary/aromatic N) is 3. The molecule has 100 valence electrons. The van der Waals surface area contributed by atoms with Gasteiger partial charge in [-0.1, -0.05) is 0 Å². The minimum atomic E-state index is -1.05. The summed E-state index contributed by atoms with van der Waals surface area (Å²) in [5.74, 6) is -1.41. The van der Waals surface area contributed by atoms with Crippen LogP contribution in [0.3, 0.4) is 0 Å². The van der Waals surface area contributed by atoms with Crippen LogP contribution in [0.2, 0.25) is 0 Å². The number of aromatic nitrogens is 2. The first-order valence-corrected chi connectivity index (χ1v) is 5.61. The molecule has 0 aliphatic heterocycles. The van der Waals surface area contributed by atoms with Crippen molar-refractivity contribution in [3.05, 3.63) is 18.0 Å². The van der Waals surface area contributed by atoms with Crippen molar-refractivity contribution >= 4 is 11.9 Å². The number of carbonyl (C=O) groups excluding carboxylic acids is 1. The lowest BCUT2D eigenvalue weighted by molar-refractivity contribution is -0.137. The number of aryl methyl sites for hydroxylation is 1. The van der Waals surface area contributed by atoms with Gasteiger partial charge in [-0.3, -0.25) is 14.3 Å². The third-order valence-corrected chi connectivity index (χ3v) is 2.38. The van der Waals surface area contributed by atoms with Gasteiger partial charge in [0.15, 0.2) is 0 Å². The van der Waals surface area contributed by atoms with Gasteiger partial charge in [-0.05, 0) is 6.92 Å². The summed E-state index contributed by atoms with van der Waals surface area (Å²) in [4.78, 5) is 24.0. The van der Waals surface area contributed by atoms with Crippen LogP contribution in [0.15, 0.2) is 12.4 Å². The van der Waals surface area contributed by atoms with Gasteiger partial charge < -0.3 is 14.7 Å². The van der Waals surface area contributed by atoms with Gasteiger partial charge in [0.1, 0.15) is 6.54 Å². The van der Waals surface area contributed by atoms with Crippen LogP contribution < -0.4 is 0 Å². The topological polar surface area (TPSA) is 84.7 Å². The Kier molecular flexibility index (Phi) is 5.31. The van der Waals surface area contributed by atoms with Crippen molar-refractivity contribution in [2.75, 3.05) is 26.8 Å². The molecule has 0 radical (unpaired) electrons. The molecule has 0 aromatic carbocycles. The fraction of sp³-hybridized carbons (Fsp3) is 0.545. The van der Waals surface area contributed by atoms with Crippen LogP contribution in [-0.2, 0) is 16.1 Å². The predicted octanol–water partition coefficient (Wildman–Crippen LogP) is 0.0762. The number of carboxylic acids is 1. The van der Waals surface area contributed by atoms with Gasteiger partial charge in [0.25, 0.3) is 5.91 Å². The van der Waals surface area contributed by atoms with Crippen molar-refractivity contribution in [1.29, 1.82) is 0 Å². The molecule has 1 N–H and O–H groups in total. The normalized spacial score (nSPS) is 10.3. The Bertz CT molecular complexity index is 416. The van der Waals surface area contributed by atoms with E-state index in [4.69, 9.17) is 9.84 Å². The zero-order valence-corrected chi connectivity index (χ0v) is 10.5. The minimum Gasteiger partial charge on any atom is -0.480 e. The number of hydrogen-bond donors (Lipinski definition) is 1. The quantitative estimate of drug-likeness (QED) is 0.745. The number of amides is 1. The van der Waals surface area contributed by atoms with E-state index in [0.717, 1.165) is 0 Å². The average Bonchev–Trinajstić information content (AvgIpc) is 2.81. The van der Waals surface area contributed by atoms with Crippen LogP contribution in [0.4, 0.5) is 0 Å². The molecule has 0 spiro atoms. The van der Waals surface area contributed by atoms with Crippen LogP contribution in [0.5, 0.6) is 0 Å². The molecule has 0 unspecified atom stereocenters. The van der Waals surface area contributed by atoms with Gasteiger partial charge >= 0.3 is 5.97 Å². The Labute approximate surface area is 105 Å². The summed E-state index contributed by atoms with van der Waals surface area (Å²) >= 11 is 0. The maximum absolute atomic E-state index is 12.1. The number of hydrogen-bond acceptors (Lipinski definition) is 4. The summed E-state index contributed by atoms with van der Waals surface area (Å²) in [6, 6.07) is 0. The molecule has 1 aromatic rings. The number of rotatable bonds is 7. The maximum Gasteiger partial charge on any atom is 0.323 e. The lowest BCUT2D eigenvalue weighted by Gasteiger charge is -2.19. The third-order valence-electron chi connectivity index (χ3n) is 2.38. The second-order valence-corrected chi connectivity index (χ2v) is 3.70. The second kappa shape index (κ2) is 6.75. The number of ether oxygens (including phenoxy) is 1. The lowest BCUT2D eigenvalue weighted by atomic mass is 10.3. The van der Waals surface area contributed by atoms with Crippen molar-refractivity contribution in [2.45, 2.75) is 13.5 Å². The third kappa shape index (κ3) is 3.85. The Morgan fingerprint density at radius 3 is 2.78 bits per heavy atom. The van der Waals surface area contributed by atoms with E-state index in [1.165, 1.54) is 18.2 Å². The molecule has 7 heteroatoms. The average molecular weight is 255 g/mol. The van der Waals surface area contributed by atoms with Crippen molar-refractivity contribution in [3.63, 3.8) is 0 Å². The molecule has 1 amide bonds. The Hall–Kier alpha value is -1.89. The fourth-order valence-corrected chi connectivity index (χ4v) is 1.45. The summed E-state index contributed by atoms with van der Waals surface area (Å²) in [6.07, 6.45) is 3.04. The van der Waals surface area contributed by atoms with E-state index in [2.05, 4.69) is 5.10 Å². The maximum atomic E-state index is 12.1. The molecule has 0 saturated carbocycles. The van der Waals surface area contributed by atoms with Crippen molar-refractivity contribution in [1.82, 2.24) is 14.7 Å². The van der Waals surface area contributed by atoms with E-state index in [1.54, 1.807) is 10.9 Å². The zero-order valence-electron chi connectivity index (χ0n) is 10.5. The van der Waals surface area contributed by atoms with Crippen molar-refractivity contribution in [2.24, 2.45) is 0 Å². The Balaban J connectivity index is 2.76. The minimum absolute atomic E-state index is 0.235. The highest BCUT2D eigenvalue weighted by Crippen LogP contribution is 2.04. The molecule has 18 heavy (non-hydrogen) atoms. The van der Waals surface area contributed by atoms with Crippen molar-refractivity contribution in [3.8, 4) is 0 Å². The van der Waals surface area contributed by atoms with Gasteiger partial charge in [0, 0.05) is 26.4 Å². The molecule has 0 fully saturated rings. The molecule has 1 rings (SSSR count). The first kappa shape index (κ1) is 14.2. The van der Waals surface area contributed by atoms with Gasteiger partial charge in [-0.15, -0.1) is 0 Å². The summed E-state index contributed by atoms with van der Waals surface area (Å²) in [6.45, 7) is 2.74. The van der Waals surface area contributed by atoms with E-state index in [1.807, 2.05) is 6.92 Å². The van der Waals surface area contributed by atoms with Gasteiger partial charge in [-0.25, -0.2) is 0 Å². The fourth-order valence-electron chi connectivity index (χ4n) is 1.45. The smallest absolute Gasteiger partial charge is 0.323 e. The molecule has 1 heterocycles. The lowest BCUT2D eigenvalue weighted by Crippen LogP contribution is -2.37. The molecular formula is C11H17N3O4. The van der Waals surface area contributed by atoms with Gasteiger partial charge in [0.2, 0.25) is 0 Å². The second-order valence-electron chi connectivity index (χ2n) is 3.70. The summed E-state index contributed by atoms with van der Waals surface area (Å²) in [7, 11) is 1.50. The molecule has 0 aliphatic rings. The van der Waals surface area contributed by atoms with E-state index >= 15 is 0 Å². The van der Waals surface area contributed by atoms with E-state index < -0.39 is 5.97 Å². The first-order chi connectivity index (χ1) is 8.58. The number of carboxylic acid groups (broad SMARTS) is 1. The van der Waals surface area contributed by atoms with Crippen LogP contribution in [0, 0.1) is 0 Å². The molecule has 1 aromatic heterocycles. The standard InChI is InChI=1S/C11H17N3O4/c1-3-14-7-9(6-12-14)11(17)13(4-5-18-2)8-10(15)16/h6-7H,3-5,8H2,1-2H3,(H,15,16). The monoisotopic (exact) mass is 255 g/mol. The number of carbonyl (C=O) groups is 2. The largest absolute Gasteiger partial charge is 0.480 e. The van der Waals surface area contributed by atoms with Crippen LogP contribution in [0.1, 0.15) is 17.3 Å². The van der Waals surface area contributed by atoms with Gasteiger partial charge in [-0.2, -0.15) is 5.10 Å². The number of methoxy groups -OCH3 is 1. The van der Waals surface area contributed by atoms with Crippen LogP contribution >= 0.6 is 0 Å². The molecule has 7 nitrogen and oxygen atoms in total. The molecule has 0 atom stereocenters. The van der Waals surface area contributed by atoms with Gasteiger partial charge in [0.05, 0.1) is 18.4 Å². The Morgan fingerprint density at radius 2 is 2.28 bits per heavy atom. The Morgan fingerprint density at radius 1 is 1.56 bits per heavy atom. The number of aliphatic carboxylic acids is 1. The molecule has 0 bridgehead atoms.